The van der Waals surface area contributed by atoms with Gasteiger partial charge in [-0.25, -0.2) is 14.2 Å². The van der Waals surface area contributed by atoms with Crippen molar-refractivity contribution in [1.82, 2.24) is 29.3 Å². The van der Waals surface area contributed by atoms with Gasteiger partial charge in [0.05, 0.1) is 11.9 Å². The highest BCUT2D eigenvalue weighted by Crippen LogP contribution is 2.36. The van der Waals surface area contributed by atoms with Gasteiger partial charge in [-0.1, -0.05) is 12.1 Å². The van der Waals surface area contributed by atoms with Gasteiger partial charge in [0.25, 0.3) is 5.91 Å². The lowest BCUT2D eigenvalue weighted by Crippen LogP contribution is -2.64. The van der Waals surface area contributed by atoms with Gasteiger partial charge in [-0.2, -0.15) is 19.0 Å². The van der Waals surface area contributed by atoms with Crippen molar-refractivity contribution >= 4 is 28.8 Å². The van der Waals surface area contributed by atoms with Crippen LogP contribution in [0.4, 0.5) is 20.3 Å². The predicted molar refractivity (Wildman–Crippen MR) is 129 cm³/mol. The van der Waals surface area contributed by atoms with E-state index in [0.717, 1.165) is 5.56 Å². The molecule has 2 amide bonds. The number of anilines is 2. The number of halogens is 2. The number of amides is 2. The van der Waals surface area contributed by atoms with Crippen LogP contribution in [-0.4, -0.2) is 59.7 Å². The van der Waals surface area contributed by atoms with Crippen molar-refractivity contribution in [2.75, 3.05) is 23.7 Å². The van der Waals surface area contributed by atoms with E-state index in [4.69, 9.17) is 5.73 Å². The third-order valence-electron chi connectivity index (χ3n) is 6.52. The summed E-state index contributed by atoms with van der Waals surface area (Å²) in [6.07, 6.45) is 3.89. The van der Waals surface area contributed by atoms with Crippen LogP contribution in [0.3, 0.4) is 0 Å². The van der Waals surface area contributed by atoms with Crippen molar-refractivity contribution < 1.29 is 18.4 Å². The first-order valence-electron chi connectivity index (χ1n) is 11.2. The Balaban J connectivity index is 1.59. The van der Waals surface area contributed by atoms with Crippen molar-refractivity contribution in [3.05, 3.63) is 49.1 Å². The summed E-state index contributed by atoms with van der Waals surface area (Å²) in [7, 11) is 0. The van der Waals surface area contributed by atoms with E-state index in [2.05, 4.69) is 15.2 Å². The number of aromatic nitrogens is 5. The van der Waals surface area contributed by atoms with Crippen LogP contribution in [-0.2, 0) is 9.59 Å². The molecule has 5 rings (SSSR count). The number of hydrogen-bond acceptors (Lipinski definition) is 6. The molecule has 1 fully saturated rings. The number of nitrogen functional groups attached to an aromatic ring is 1. The topological polar surface area (TPSA) is 115 Å². The molecule has 0 atom stereocenters. The van der Waals surface area contributed by atoms with Gasteiger partial charge in [-0.15, -0.1) is 0 Å². The number of carbonyl (C=O) groups is 2. The third kappa shape index (κ3) is 3.65. The highest BCUT2D eigenvalue weighted by molar-refractivity contribution is 6.03. The summed E-state index contributed by atoms with van der Waals surface area (Å²) in [6, 6.07) is 9.14. The van der Waals surface area contributed by atoms with Crippen LogP contribution in [0.5, 0.6) is 0 Å². The highest BCUT2D eigenvalue weighted by Gasteiger charge is 2.43. The van der Waals surface area contributed by atoms with Crippen molar-refractivity contribution in [1.29, 1.82) is 0 Å². The molecular formula is C24H24F2N8O2. The fourth-order valence-corrected chi connectivity index (χ4v) is 4.73. The van der Waals surface area contributed by atoms with Gasteiger partial charge in [0, 0.05) is 48.6 Å². The normalized spacial score (nSPS) is 15.8. The molecule has 0 unspecified atom stereocenters. The number of carbonyl (C=O) groups excluding carboxylic acids is 2. The zero-order valence-electron chi connectivity index (χ0n) is 19.9. The van der Waals surface area contributed by atoms with Crippen LogP contribution >= 0.6 is 0 Å². The number of alkyl halides is 2. The molecule has 0 spiro atoms. The molecule has 4 aromatic rings. The molecule has 3 aromatic heterocycles. The monoisotopic (exact) mass is 494 g/mol. The Bertz CT molecular complexity index is 1490. The molecule has 0 aliphatic carbocycles. The first-order chi connectivity index (χ1) is 17.1. The maximum absolute atomic E-state index is 13.3. The standard InChI is InChI=1S/C24H24F2N8O2/c1-14(35)32-8-7-31(22(36)24(32,2)3)17-6-4-5-15(9-17)19-10-18(16-11-29-33(12-16)23(25)26)20-21(27)28-13-30-34(19)20/h4-6,9-13,23H,7-8H2,1-3H3,(H2,27,28,30). The number of hydrogen-bond donors (Lipinski definition) is 1. The smallest absolute Gasteiger partial charge is 0.333 e. The Kier molecular flexibility index (Phi) is 5.46. The van der Waals surface area contributed by atoms with Crippen LogP contribution in [0.25, 0.3) is 27.9 Å². The van der Waals surface area contributed by atoms with Crippen molar-refractivity contribution in [3.8, 4) is 22.4 Å². The molecule has 36 heavy (non-hydrogen) atoms. The summed E-state index contributed by atoms with van der Waals surface area (Å²) in [5, 5.41) is 8.07. The van der Waals surface area contributed by atoms with Gasteiger partial charge >= 0.3 is 6.55 Å². The number of benzene rings is 1. The lowest BCUT2D eigenvalue weighted by molar-refractivity contribution is -0.145. The number of nitrogens with two attached hydrogens (primary N) is 1. The Morgan fingerprint density at radius 3 is 2.61 bits per heavy atom. The van der Waals surface area contributed by atoms with Crippen LogP contribution in [0.1, 0.15) is 27.3 Å². The van der Waals surface area contributed by atoms with Crippen LogP contribution < -0.4 is 10.6 Å². The van der Waals surface area contributed by atoms with Gasteiger partial charge in [0.1, 0.15) is 17.4 Å². The molecule has 1 saturated heterocycles. The van der Waals surface area contributed by atoms with E-state index in [0.29, 0.717) is 45.8 Å². The highest BCUT2D eigenvalue weighted by atomic mass is 19.3. The largest absolute Gasteiger partial charge is 0.382 e. The minimum atomic E-state index is -2.78. The second kappa shape index (κ2) is 8.40. The van der Waals surface area contributed by atoms with E-state index in [1.807, 2.05) is 24.3 Å². The van der Waals surface area contributed by atoms with E-state index in [-0.39, 0.29) is 17.6 Å². The molecule has 1 aromatic carbocycles. The molecule has 186 valence electrons. The van der Waals surface area contributed by atoms with Gasteiger partial charge in [-0.05, 0) is 32.0 Å². The minimum Gasteiger partial charge on any atom is -0.382 e. The summed E-state index contributed by atoms with van der Waals surface area (Å²) in [6.45, 7) is 2.92. The molecule has 0 saturated carbocycles. The first kappa shape index (κ1) is 23.4. The SMILES string of the molecule is CC(=O)N1CCN(c2cccc(-c3cc(-c4cnn(C(F)F)c4)c4c(N)ncnn34)c2)C(=O)C1(C)C. The van der Waals surface area contributed by atoms with E-state index >= 15 is 0 Å². The van der Waals surface area contributed by atoms with Crippen LogP contribution in [0.2, 0.25) is 0 Å². The molecule has 0 bridgehead atoms. The lowest BCUT2D eigenvalue weighted by atomic mass is 9.96. The van der Waals surface area contributed by atoms with E-state index in [9.17, 15) is 18.4 Å². The predicted octanol–water partition coefficient (Wildman–Crippen LogP) is 3.21. The van der Waals surface area contributed by atoms with Crippen LogP contribution in [0.15, 0.2) is 49.1 Å². The number of nitrogens with zero attached hydrogens (tertiary/aromatic N) is 7. The number of piperazine rings is 1. The molecule has 10 nitrogen and oxygen atoms in total. The molecule has 4 heterocycles. The quantitative estimate of drug-likeness (QED) is 0.466. The van der Waals surface area contributed by atoms with E-state index in [1.165, 1.54) is 25.6 Å². The molecule has 0 radical (unpaired) electrons. The second-order valence-electron chi connectivity index (χ2n) is 9.07. The summed E-state index contributed by atoms with van der Waals surface area (Å²) in [4.78, 5) is 32.7. The molecular weight excluding hydrogens is 470 g/mol. The van der Waals surface area contributed by atoms with Crippen molar-refractivity contribution in [2.45, 2.75) is 32.9 Å². The van der Waals surface area contributed by atoms with Gasteiger partial charge in [0.15, 0.2) is 5.82 Å². The zero-order chi connectivity index (χ0) is 25.8. The maximum Gasteiger partial charge on any atom is 0.333 e. The Morgan fingerprint density at radius 2 is 1.92 bits per heavy atom. The number of fused-ring (bicyclic) bond motifs is 1. The molecule has 12 heteroatoms. The van der Waals surface area contributed by atoms with Crippen molar-refractivity contribution in [2.24, 2.45) is 0 Å². The average Bonchev–Trinajstić information content (AvgIpc) is 3.47. The Hall–Kier alpha value is -4.35. The lowest BCUT2D eigenvalue weighted by Gasteiger charge is -2.45. The van der Waals surface area contributed by atoms with Crippen LogP contribution in [0, 0.1) is 0 Å². The average molecular weight is 495 g/mol. The summed E-state index contributed by atoms with van der Waals surface area (Å²) < 4.78 is 28.4. The third-order valence-corrected chi connectivity index (χ3v) is 6.52. The Labute approximate surface area is 204 Å². The minimum absolute atomic E-state index is 0.152. The summed E-state index contributed by atoms with van der Waals surface area (Å²) in [5.74, 6) is -0.154. The fraction of sp³-hybridized carbons (Fsp3) is 0.292. The Morgan fingerprint density at radius 1 is 1.14 bits per heavy atom. The number of rotatable bonds is 4. The molecule has 1 aliphatic rings. The first-order valence-corrected chi connectivity index (χ1v) is 11.2. The van der Waals surface area contributed by atoms with Gasteiger partial charge in [0.2, 0.25) is 5.91 Å². The van der Waals surface area contributed by atoms with E-state index in [1.54, 1.807) is 34.2 Å². The maximum atomic E-state index is 13.3. The van der Waals surface area contributed by atoms with E-state index < -0.39 is 12.1 Å². The summed E-state index contributed by atoms with van der Waals surface area (Å²) in [5.41, 5.74) is 8.64. The van der Waals surface area contributed by atoms with Crippen molar-refractivity contribution in [3.63, 3.8) is 0 Å². The molecule has 2 N–H and O–H groups in total. The van der Waals surface area contributed by atoms with Gasteiger partial charge < -0.3 is 15.5 Å². The zero-order valence-corrected chi connectivity index (χ0v) is 19.9. The fourth-order valence-electron chi connectivity index (χ4n) is 4.73. The summed E-state index contributed by atoms with van der Waals surface area (Å²) >= 11 is 0. The van der Waals surface area contributed by atoms with Gasteiger partial charge in [-0.3, -0.25) is 9.59 Å². The molecule has 1 aliphatic heterocycles. The second-order valence-corrected chi connectivity index (χ2v) is 9.07.